The van der Waals surface area contributed by atoms with Crippen LogP contribution < -0.4 is 10.1 Å². The van der Waals surface area contributed by atoms with E-state index in [1.807, 2.05) is 6.07 Å². The molecule has 0 radical (unpaired) electrons. The van der Waals surface area contributed by atoms with Crippen molar-refractivity contribution in [1.82, 2.24) is 10.3 Å². The van der Waals surface area contributed by atoms with Crippen LogP contribution in [0.3, 0.4) is 0 Å². The van der Waals surface area contributed by atoms with E-state index in [1.165, 1.54) is 16.5 Å². The number of hydrogen-bond acceptors (Lipinski definition) is 2. The van der Waals surface area contributed by atoms with Gasteiger partial charge in [-0.2, -0.15) is 0 Å². The summed E-state index contributed by atoms with van der Waals surface area (Å²) in [5.74, 6) is 0.909. The van der Waals surface area contributed by atoms with Crippen LogP contribution in [0.4, 0.5) is 0 Å². The molecular weight excluding hydrogens is 224 g/mol. The monoisotopic (exact) mass is 246 g/mol. The van der Waals surface area contributed by atoms with Gasteiger partial charge in [-0.05, 0) is 57.5 Å². The number of aromatic nitrogens is 1. The minimum absolute atomic E-state index is 0.170. The molecule has 2 N–H and O–H groups in total. The number of aromatic amines is 1. The van der Waals surface area contributed by atoms with Crippen LogP contribution in [0, 0.1) is 0 Å². The first-order chi connectivity index (χ1) is 8.49. The Kier molecular flexibility index (Phi) is 3.62. The second kappa shape index (κ2) is 5.02. The summed E-state index contributed by atoms with van der Waals surface area (Å²) in [4.78, 5) is 3.30. The van der Waals surface area contributed by atoms with Crippen molar-refractivity contribution in [1.29, 1.82) is 0 Å². The number of fused-ring (bicyclic) bond motifs is 1. The first kappa shape index (κ1) is 13.0. The standard InChI is InChI=1S/C15H22N2O/c1-15(2,3)17-8-7-11-10-16-14-6-5-12(18-4)9-13(11)14/h5-6,9-10,16-17H,7-8H2,1-4H3. The Labute approximate surface area is 109 Å². The summed E-state index contributed by atoms with van der Waals surface area (Å²) in [5, 5.41) is 4.76. The lowest BCUT2D eigenvalue weighted by molar-refractivity contribution is 0.415. The van der Waals surface area contributed by atoms with Gasteiger partial charge in [0.1, 0.15) is 5.75 Å². The van der Waals surface area contributed by atoms with Crippen molar-refractivity contribution in [2.45, 2.75) is 32.7 Å². The number of H-pyrrole nitrogens is 1. The minimum atomic E-state index is 0.170. The van der Waals surface area contributed by atoms with Crippen LogP contribution in [0.5, 0.6) is 5.75 Å². The summed E-state index contributed by atoms with van der Waals surface area (Å²) in [5.41, 5.74) is 2.67. The number of ether oxygens (including phenoxy) is 1. The molecule has 0 fully saturated rings. The lowest BCUT2D eigenvalue weighted by atomic mass is 10.1. The molecule has 0 atom stereocenters. The Morgan fingerprint density at radius 1 is 1.28 bits per heavy atom. The maximum Gasteiger partial charge on any atom is 0.119 e. The van der Waals surface area contributed by atoms with E-state index in [2.05, 4.69) is 49.4 Å². The first-order valence-electron chi connectivity index (χ1n) is 6.38. The molecule has 0 aliphatic carbocycles. The molecule has 0 aliphatic rings. The molecule has 1 aromatic heterocycles. The third kappa shape index (κ3) is 3.05. The first-order valence-corrected chi connectivity index (χ1v) is 6.38. The highest BCUT2D eigenvalue weighted by atomic mass is 16.5. The molecule has 0 saturated carbocycles. The summed E-state index contributed by atoms with van der Waals surface area (Å²) < 4.78 is 5.28. The van der Waals surface area contributed by atoms with Crippen molar-refractivity contribution in [2.75, 3.05) is 13.7 Å². The maximum absolute atomic E-state index is 5.28. The van der Waals surface area contributed by atoms with Gasteiger partial charge >= 0.3 is 0 Å². The predicted molar refractivity (Wildman–Crippen MR) is 76.3 cm³/mol. The Bertz CT molecular complexity index is 523. The molecule has 2 rings (SSSR count). The van der Waals surface area contributed by atoms with Crippen LogP contribution in [0.25, 0.3) is 10.9 Å². The Morgan fingerprint density at radius 3 is 2.72 bits per heavy atom. The zero-order chi connectivity index (χ0) is 13.2. The SMILES string of the molecule is COc1ccc2[nH]cc(CCNC(C)(C)C)c2c1. The third-order valence-electron chi connectivity index (χ3n) is 3.02. The average Bonchev–Trinajstić information content (AvgIpc) is 2.70. The number of benzene rings is 1. The number of rotatable bonds is 4. The van der Waals surface area contributed by atoms with Crippen molar-refractivity contribution in [3.8, 4) is 5.75 Å². The van der Waals surface area contributed by atoms with Crippen molar-refractivity contribution >= 4 is 10.9 Å². The van der Waals surface area contributed by atoms with Gasteiger partial charge in [-0.25, -0.2) is 0 Å². The van der Waals surface area contributed by atoms with Crippen LogP contribution in [0.1, 0.15) is 26.3 Å². The van der Waals surface area contributed by atoms with Gasteiger partial charge in [0.15, 0.2) is 0 Å². The van der Waals surface area contributed by atoms with E-state index in [1.54, 1.807) is 7.11 Å². The summed E-state index contributed by atoms with van der Waals surface area (Å²) in [6, 6.07) is 6.14. The van der Waals surface area contributed by atoms with Gasteiger partial charge in [-0.1, -0.05) is 0 Å². The van der Waals surface area contributed by atoms with Crippen molar-refractivity contribution in [2.24, 2.45) is 0 Å². The molecule has 0 bridgehead atoms. The van der Waals surface area contributed by atoms with Crippen LogP contribution in [-0.2, 0) is 6.42 Å². The highest BCUT2D eigenvalue weighted by Gasteiger charge is 2.09. The van der Waals surface area contributed by atoms with Crippen LogP contribution in [0.2, 0.25) is 0 Å². The topological polar surface area (TPSA) is 37.0 Å². The molecule has 3 heteroatoms. The Hall–Kier alpha value is -1.48. The lowest BCUT2D eigenvalue weighted by Crippen LogP contribution is -2.37. The molecule has 0 spiro atoms. The second-order valence-electron chi connectivity index (χ2n) is 5.65. The van der Waals surface area contributed by atoms with Gasteiger partial charge in [0.2, 0.25) is 0 Å². The van der Waals surface area contributed by atoms with E-state index < -0.39 is 0 Å². The predicted octanol–water partition coefficient (Wildman–Crippen LogP) is 3.11. The van der Waals surface area contributed by atoms with Gasteiger partial charge in [0.25, 0.3) is 0 Å². The van der Waals surface area contributed by atoms with Crippen molar-refractivity contribution in [3.05, 3.63) is 30.0 Å². The number of methoxy groups -OCH3 is 1. The minimum Gasteiger partial charge on any atom is -0.497 e. The fraction of sp³-hybridized carbons (Fsp3) is 0.467. The molecule has 1 heterocycles. The van der Waals surface area contributed by atoms with Gasteiger partial charge < -0.3 is 15.0 Å². The molecule has 2 aromatic rings. The molecule has 0 saturated heterocycles. The quantitative estimate of drug-likeness (QED) is 0.869. The second-order valence-corrected chi connectivity index (χ2v) is 5.65. The van der Waals surface area contributed by atoms with E-state index >= 15 is 0 Å². The van der Waals surface area contributed by atoms with Crippen molar-refractivity contribution in [3.63, 3.8) is 0 Å². The van der Waals surface area contributed by atoms with Crippen LogP contribution >= 0.6 is 0 Å². The zero-order valence-corrected chi connectivity index (χ0v) is 11.6. The van der Waals surface area contributed by atoms with Crippen LogP contribution in [0.15, 0.2) is 24.4 Å². The molecule has 1 aromatic carbocycles. The summed E-state index contributed by atoms with van der Waals surface area (Å²) in [6.45, 7) is 7.54. The summed E-state index contributed by atoms with van der Waals surface area (Å²) in [6.07, 6.45) is 3.11. The molecule has 98 valence electrons. The third-order valence-corrected chi connectivity index (χ3v) is 3.02. The fourth-order valence-corrected chi connectivity index (χ4v) is 2.06. The molecule has 3 nitrogen and oxygen atoms in total. The lowest BCUT2D eigenvalue weighted by Gasteiger charge is -2.20. The van der Waals surface area contributed by atoms with Crippen LogP contribution in [-0.4, -0.2) is 24.2 Å². The zero-order valence-electron chi connectivity index (χ0n) is 11.6. The highest BCUT2D eigenvalue weighted by molar-refractivity contribution is 5.84. The normalized spacial score (nSPS) is 12.0. The van der Waals surface area contributed by atoms with E-state index in [0.717, 1.165) is 18.7 Å². The summed E-state index contributed by atoms with van der Waals surface area (Å²) in [7, 11) is 1.70. The van der Waals surface area contributed by atoms with Crippen molar-refractivity contribution < 1.29 is 4.74 Å². The molecule has 0 unspecified atom stereocenters. The molecular formula is C15H22N2O. The van der Waals surface area contributed by atoms with E-state index in [0.29, 0.717) is 0 Å². The smallest absolute Gasteiger partial charge is 0.119 e. The highest BCUT2D eigenvalue weighted by Crippen LogP contribution is 2.23. The number of nitrogens with one attached hydrogen (secondary N) is 2. The van der Waals surface area contributed by atoms with E-state index in [9.17, 15) is 0 Å². The maximum atomic E-state index is 5.28. The van der Waals surface area contributed by atoms with Gasteiger partial charge in [0.05, 0.1) is 7.11 Å². The number of hydrogen-bond donors (Lipinski definition) is 2. The van der Waals surface area contributed by atoms with E-state index in [-0.39, 0.29) is 5.54 Å². The summed E-state index contributed by atoms with van der Waals surface area (Å²) >= 11 is 0. The molecule has 0 aliphatic heterocycles. The van der Waals surface area contributed by atoms with Gasteiger partial charge in [-0.3, -0.25) is 0 Å². The van der Waals surface area contributed by atoms with Gasteiger partial charge in [-0.15, -0.1) is 0 Å². The van der Waals surface area contributed by atoms with E-state index in [4.69, 9.17) is 4.74 Å². The fourth-order valence-electron chi connectivity index (χ4n) is 2.06. The average molecular weight is 246 g/mol. The Balaban J connectivity index is 2.13. The van der Waals surface area contributed by atoms with Gasteiger partial charge in [0, 0.05) is 22.6 Å². The largest absolute Gasteiger partial charge is 0.497 e. The Morgan fingerprint density at radius 2 is 2.06 bits per heavy atom. The molecule has 0 amide bonds. The molecule has 18 heavy (non-hydrogen) atoms.